The third kappa shape index (κ3) is 3.49. The fourth-order valence-electron chi connectivity index (χ4n) is 3.37. The molecule has 1 saturated heterocycles. The van der Waals surface area contributed by atoms with Crippen molar-refractivity contribution in [3.05, 3.63) is 59.7 Å². The molecule has 0 saturated carbocycles. The number of aliphatic carboxylic acids is 1. The van der Waals surface area contributed by atoms with Gasteiger partial charge in [0.15, 0.2) is 0 Å². The third-order valence-corrected chi connectivity index (χ3v) is 4.76. The molecular weight excluding hydrogens is 334 g/mol. The Labute approximate surface area is 152 Å². The maximum atomic E-state index is 12.8. The Morgan fingerprint density at radius 2 is 1.65 bits per heavy atom. The fourth-order valence-corrected chi connectivity index (χ4v) is 3.37. The lowest BCUT2D eigenvalue weighted by atomic mass is 9.89. The van der Waals surface area contributed by atoms with E-state index in [1.165, 1.54) is 0 Å². The Hall–Kier alpha value is -3.02. The first-order valence-corrected chi connectivity index (χ1v) is 8.33. The molecule has 1 aliphatic heterocycles. The zero-order valence-electron chi connectivity index (χ0n) is 14.7. The average Bonchev–Trinajstić information content (AvgIpc) is 3.13. The molecule has 0 spiro atoms. The van der Waals surface area contributed by atoms with Crippen LogP contribution in [0.2, 0.25) is 0 Å². The summed E-state index contributed by atoms with van der Waals surface area (Å²) in [6, 6.07) is 14.2. The van der Waals surface area contributed by atoms with Crippen molar-refractivity contribution in [2.75, 3.05) is 27.3 Å². The van der Waals surface area contributed by atoms with Gasteiger partial charge in [0.1, 0.15) is 11.5 Å². The summed E-state index contributed by atoms with van der Waals surface area (Å²) in [5.41, 5.74) is 1.34. The second-order valence-electron chi connectivity index (χ2n) is 6.27. The maximum Gasteiger partial charge on any atom is 0.308 e. The molecule has 0 aromatic heterocycles. The molecule has 2 aromatic carbocycles. The number of carboxylic acids is 1. The molecule has 2 atom stereocenters. The molecule has 1 N–H and O–H groups in total. The quantitative estimate of drug-likeness (QED) is 0.892. The summed E-state index contributed by atoms with van der Waals surface area (Å²) in [4.78, 5) is 26.2. The van der Waals surface area contributed by atoms with Gasteiger partial charge in [0.2, 0.25) is 0 Å². The Kier molecular flexibility index (Phi) is 5.11. The van der Waals surface area contributed by atoms with Crippen LogP contribution in [0.3, 0.4) is 0 Å². The van der Waals surface area contributed by atoms with Crippen molar-refractivity contribution in [3.8, 4) is 11.5 Å². The molecule has 0 unspecified atom stereocenters. The Morgan fingerprint density at radius 1 is 1.00 bits per heavy atom. The van der Waals surface area contributed by atoms with Crippen molar-refractivity contribution >= 4 is 11.9 Å². The molecule has 2 aromatic rings. The highest BCUT2D eigenvalue weighted by Crippen LogP contribution is 2.35. The molecule has 0 radical (unpaired) electrons. The minimum Gasteiger partial charge on any atom is -0.497 e. The summed E-state index contributed by atoms with van der Waals surface area (Å²) in [5, 5.41) is 9.63. The average molecular weight is 355 g/mol. The van der Waals surface area contributed by atoms with Crippen LogP contribution in [0.4, 0.5) is 0 Å². The van der Waals surface area contributed by atoms with Crippen molar-refractivity contribution in [3.63, 3.8) is 0 Å². The predicted molar refractivity (Wildman–Crippen MR) is 95.8 cm³/mol. The van der Waals surface area contributed by atoms with E-state index in [-0.39, 0.29) is 18.4 Å². The molecular formula is C20H21NO5. The van der Waals surface area contributed by atoms with E-state index in [1.807, 2.05) is 24.3 Å². The van der Waals surface area contributed by atoms with Gasteiger partial charge in [0, 0.05) is 24.6 Å². The number of hydrogen-bond donors (Lipinski definition) is 1. The Bertz CT molecular complexity index is 819. The van der Waals surface area contributed by atoms with Crippen LogP contribution < -0.4 is 9.47 Å². The smallest absolute Gasteiger partial charge is 0.308 e. The molecule has 3 rings (SSSR count). The molecule has 0 bridgehead atoms. The van der Waals surface area contributed by atoms with Gasteiger partial charge in [-0.15, -0.1) is 0 Å². The second-order valence-corrected chi connectivity index (χ2v) is 6.27. The van der Waals surface area contributed by atoms with Gasteiger partial charge < -0.3 is 19.5 Å². The highest BCUT2D eigenvalue weighted by molar-refractivity contribution is 5.95. The number of carbonyl (C=O) groups excluding carboxylic acids is 1. The van der Waals surface area contributed by atoms with Gasteiger partial charge in [-0.3, -0.25) is 9.59 Å². The normalized spacial score (nSPS) is 19.2. The molecule has 1 fully saturated rings. The van der Waals surface area contributed by atoms with Crippen molar-refractivity contribution in [1.82, 2.24) is 4.90 Å². The molecule has 26 heavy (non-hydrogen) atoms. The summed E-state index contributed by atoms with van der Waals surface area (Å²) in [6.07, 6.45) is 0. The predicted octanol–water partition coefficient (Wildman–Crippen LogP) is 2.64. The van der Waals surface area contributed by atoms with Gasteiger partial charge in [0.25, 0.3) is 5.91 Å². The monoisotopic (exact) mass is 355 g/mol. The summed E-state index contributed by atoms with van der Waals surface area (Å²) in [6.45, 7) is 0.521. The van der Waals surface area contributed by atoms with Gasteiger partial charge in [-0.05, 0) is 35.9 Å². The Balaban J connectivity index is 1.86. The third-order valence-electron chi connectivity index (χ3n) is 4.76. The number of benzene rings is 2. The summed E-state index contributed by atoms with van der Waals surface area (Å²) in [7, 11) is 3.11. The highest BCUT2D eigenvalue weighted by Gasteiger charge is 2.40. The molecule has 1 aliphatic rings. The van der Waals surface area contributed by atoms with Crippen molar-refractivity contribution < 1.29 is 24.2 Å². The fraction of sp³-hybridized carbons (Fsp3) is 0.300. The van der Waals surface area contributed by atoms with Crippen molar-refractivity contribution in [2.24, 2.45) is 5.92 Å². The number of hydrogen-bond acceptors (Lipinski definition) is 4. The molecule has 1 amide bonds. The van der Waals surface area contributed by atoms with Crippen LogP contribution in [0.25, 0.3) is 0 Å². The van der Waals surface area contributed by atoms with Gasteiger partial charge in [-0.2, -0.15) is 0 Å². The zero-order valence-corrected chi connectivity index (χ0v) is 14.7. The number of nitrogens with zero attached hydrogens (tertiary/aromatic N) is 1. The maximum absolute atomic E-state index is 12.8. The number of rotatable bonds is 5. The summed E-state index contributed by atoms with van der Waals surface area (Å²) < 4.78 is 10.4. The lowest BCUT2D eigenvalue weighted by molar-refractivity contribution is -0.141. The molecule has 1 heterocycles. The van der Waals surface area contributed by atoms with Crippen LogP contribution in [-0.2, 0) is 4.79 Å². The van der Waals surface area contributed by atoms with Gasteiger partial charge in [-0.1, -0.05) is 18.2 Å². The van der Waals surface area contributed by atoms with E-state index in [4.69, 9.17) is 9.47 Å². The van der Waals surface area contributed by atoms with Crippen molar-refractivity contribution in [2.45, 2.75) is 5.92 Å². The topological polar surface area (TPSA) is 76.1 Å². The second kappa shape index (κ2) is 7.47. The van der Waals surface area contributed by atoms with Crippen LogP contribution in [0.15, 0.2) is 48.5 Å². The number of amides is 1. The number of carboxylic acid groups (broad SMARTS) is 1. The van der Waals surface area contributed by atoms with E-state index in [1.54, 1.807) is 43.4 Å². The van der Waals surface area contributed by atoms with E-state index in [0.717, 1.165) is 5.56 Å². The van der Waals surface area contributed by atoms with E-state index in [9.17, 15) is 14.7 Å². The summed E-state index contributed by atoms with van der Waals surface area (Å²) in [5.74, 6) is -0.772. The first kappa shape index (κ1) is 17.8. The first-order chi connectivity index (χ1) is 12.5. The standard InChI is InChI=1S/C20H21NO5/c1-25-15-7-3-5-13(9-15)17-11-21(12-18(17)20(23)24)19(22)14-6-4-8-16(10-14)26-2/h3-10,17-18H,11-12H2,1-2H3,(H,23,24)/t17-,18+/m1/s1. The van der Waals surface area contributed by atoms with Gasteiger partial charge in [0.05, 0.1) is 20.1 Å². The minimum absolute atomic E-state index is 0.174. The van der Waals surface area contributed by atoms with Crippen molar-refractivity contribution in [1.29, 1.82) is 0 Å². The Morgan fingerprint density at radius 3 is 2.31 bits per heavy atom. The largest absolute Gasteiger partial charge is 0.497 e. The highest BCUT2D eigenvalue weighted by atomic mass is 16.5. The van der Waals surface area contributed by atoms with Gasteiger partial charge in [-0.25, -0.2) is 0 Å². The van der Waals surface area contributed by atoms with Crippen LogP contribution in [0.5, 0.6) is 11.5 Å². The molecule has 136 valence electrons. The lowest BCUT2D eigenvalue weighted by Crippen LogP contribution is -2.29. The van der Waals surface area contributed by atoms with Gasteiger partial charge >= 0.3 is 5.97 Å². The number of methoxy groups -OCH3 is 2. The zero-order chi connectivity index (χ0) is 18.7. The first-order valence-electron chi connectivity index (χ1n) is 8.33. The molecule has 0 aliphatic carbocycles. The number of ether oxygens (including phenoxy) is 2. The van der Waals surface area contributed by atoms with E-state index in [0.29, 0.717) is 23.6 Å². The van der Waals surface area contributed by atoms with E-state index in [2.05, 4.69) is 0 Å². The molecule has 6 heteroatoms. The summed E-state index contributed by atoms with van der Waals surface area (Å²) >= 11 is 0. The SMILES string of the molecule is COc1cccc(C(=O)N2C[C@H](C(=O)O)[C@@H](c3cccc(OC)c3)C2)c1. The van der Waals surface area contributed by atoms with Crippen LogP contribution >= 0.6 is 0 Å². The minimum atomic E-state index is -0.904. The van der Waals surface area contributed by atoms with E-state index >= 15 is 0 Å². The van der Waals surface area contributed by atoms with Crippen LogP contribution in [-0.4, -0.2) is 49.2 Å². The number of likely N-dealkylation sites (tertiary alicyclic amines) is 1. The van der Waals surface area contributed by atoms with Crippen LogP contribution in [0.1, 0.15) is 21.8 Å². The van der Waals surface area contributed by atoms with E-state index < -0.39 is 11.9 Å². The molecule has 6 nitrogen and oxygen atoms in total. The number of carbonyl (C=O) groups is 2. The van der Waals surface area contributed by atoms with Crippen LogP contribution in [0, 0.1) is 5.92 Å². The lowest BCUT2D eigenvalue weighted by Gasteiger charge is -2.17.